The number of nitrogens with one attached hydrogen (secondary N) is 1. The highest BCUT2D eigenvalue weighted by atomic mass is 79.9. The number of halogens is 1. The molecule has 1 aliphatic rings. The van der Waals surface area contributed by atoms with Crippen LogP contribution in [0.4, 0.5) is 5.69 Å². The highest BCUT2D eigenvalue weighted by Gasteiger charge is 2.23. The standard InChI is InChI=1S/C24H17BrN2O/c25-18-11-9-16(10-12-18)14-27-15-17(19-5-2-4-8-23(19)27)13-21-20-6-1-3-7-22(20)26-24(21)28/h1-13,15H,14H2,(H,26,28)/b21-13+. The summed E-state index contributed by atoms with van der Waals surface area (Å²) < 4.78 is 3.31. The monoisotopic (exact) mass is 428 g/mol. The summed E-state index contributed by atoms with van der Waals surface area (Å²) in [5.74, 6) is -0.0501. The lowest BCUT2D eigenvalue weighted by atomic mass is 10.0. The number of amides is 1. The number of benzene rings is 3. The van der Waals surface area contributed by atoms with Crippen LogP contribution in [0.15, 0.2) is 83.5 Å². The lowest BCUT2D eigenvalue weighted by Crippen LogP contribution is -2.03. The number of fused-ring (bicyclic) bond motifs is 2. The Morgan fingerprint density at radius 3 is 2.54 bits per heavy atom. The lowest BCUT2D eigenvalue weighted by molar-refractivity contribution is -0.110. The lowest BCUT2D eigenvalue weighted by Gasteiger charge is -2.05. The largest absolute Gasteiger partial charge is 0.342 e. The first kappa shape index (κ1) is 17.0. The van der Waals surface area contributed by atoms with E-state index in [1.54, 1.807) is 0 Å². The number of aromatic nitrogens is 1. The third-order valence-electron chi connectivity index (χ3n) is 5.10. The van der Waals surface area contributed by atoms with Gasteiger partial charge in [-0.3, -0.25) is 4.79 Å². The van der Waals surface area contributed by atoms with E-state index in [-0.39, 0.29) is 5.91 Å². The smallest absolute Gasteiger partial charge is 0.256 e. The highest BCUT2D eigenvalue weighted by Crippen LogP contribution is 2.34. The Morgan fingerprint density at radius 1 is 0.929 bits per heavy atom. The third-order valence-corrected chi connectivity index (χ3v) is 5.62. The summed E-state index contributed by atoms with van der Waals surface area (Å²) in [7, 11) is 0. The second kappa shape index (κ2) is 6.80. The summed E-state index contributed by atoms with van der Waals surface area (Å²) in [5.41, 5.74) is 5.97. The molecule has 0 saturated heterocycles. The molecule has 0 radical (unpaired) electrons. The molecule has 0 bridgehead atoms. The Kier molecular flexibility index (Phi) is 4.14. The van der Waals surface area contributed by atoms with Crippen LogP contribution in [-0.2, 0) is 11.3 Å². The molecule has 4 heteroatoms. The molecule has 28 heavy (non-hydrogen) atoms. The third kappa shape index (κ3) is 2.96. The summed E-state index contributed by atoms with van der Waals surface area (Å²) in [5, 5.41) is 4.09. The van der Waals surface area contributed by atoms with Gasteiger partial charge in [-0.15, -0.1) is 0 Å². The molecule has 0 saturated carbocycles. The van der Waals surface area contributed by atoms with Crippen LogP contribution in [0.1, 0.15) is 16.7 Å². The van der Waals surface area contributed by atoms with Gasteiger partial charge in [-0.05, 0) is 35.9 Å². The summed E-state index contributed by atoms with van der Waals surface area (Å²) >= 11 is 3.49. The maximum atomic E-state index is 12.5. The number of carbonyl (C=O) groups excluding carboxylic acids is 1. The van der Waals surface area contributed by atoms with Gasteiger partial charge < -0.3 is 9.88 Å². The number of rotatable bonds is 3. The summed E-state index contributed by atoms with van der Waals surface area (Å²) in [4.78, 5) is 12.5. The first-order chi connectivity index (χ1) is 13.7. The Labute approximate surface area is 171 Å². The van der Waals surface area contributed by atoms with Crippen LogP contribution < -0.4 is 5.32 Å². The number of hydrogen-bond donors (Lipinski definition) is 1. The van der Waals surface area contributed by atoms with Crippen molar-refractivity contribution in [3.8, 4) is 0 Å². The molecular weight excluding hydrogens is 412 g/mol. The zero-order valence-electron chi connectivity index (χ0n) is 15.0. The van der Waals surface area contributed by atoms with E-state index in [4.69, 9.17) is 0 Å². The molecule has 0 fully saturated rings. The fourth-order valence-corrected chi connectivity index (χ4v) is 4.01. The average molecular weight is 429 g/mol. The van der Waals surface area contributed by atoms with Crippen molar-refractivity contribution < 1.29 is 4.79 Å². The topological polar surface area (TPSA) is 34.0 Å². The van der Waals surface area contributed by atoms with E-state index in [2.05, 4.69) is 74.5 Å². The van der Waals surface area contributed by atoms with Crippen molar-refractivity contribution in [3.05, 3.63) is 100 Å². The van der Waals surface area contributed by atoms with Crippen molar-refractivity contribution in [1.82, 2.24) is 4.57 Å². The molecule has 1 N–H and O–H groups in total. The maximum Gasteiger partial charge on any atom is 0.256 e. The van der Waals surface area contributed by atoms with Crippen molar-refractivity contribution in [3.63, 3.8) is 0 Å². The van der Waals surface area contributed by atoms with E-state index >= 15 is 0 Å². The number of carbonyl (C=O) groups is 1. The summed E-state index contributed by atoms with van der Waals surface area (Å²) in [6.07, 6.45) is 4.13. The zero-order chi connectivity index (χ0) is 19.1. The minimum Gasteiger partial charge on any atom is -0.342 e. The van der Waals surface area contributed by atoms with Gasteiger partial charge >= 0.3 is 0 Å². The second-order valence-electron chi connectivity index (χ2n) is 6.91. The molecule has 0 spiro atoms. The predicted octanol–water partition coefficient (Wildman–Crippen LogP) is 5.94. The molecule has 5 rings (SSSR count). The number of para-hydroxylation sites is 2. The molecule has 1 aliphatic heterocycles. The van der Waals surface area contributed by atoms with Crippen molar-refractivity contribution in [2.24, 2.45) is 0 Å². The molecule has 3 aromatic carbocycles. The van der Waals surface area contributed by atoms with Crippen LogP contribution in [0.5, 0.6) is 0 Å². The van der Waals surface area contributed by atoms with Gasteiger partial charge in [0.15, 0.2) is 0 Å². The second-order valence-corrected chi connectivity index (χ2v) is 7.83. The Bertz CT molecular complexity index is 1240. The van der Waals surface area contributed by atoms with Gasteiger partial charge in [0.2, 0.25) is 0 Å². The molecule has 4 aromatic rings. The minimum atomic E-state index is -0.0501. The minimum absolute atomic E-state index is 0.0501. The number of nitrogens with zero attached hydrogens (tertiary/aromatic N) is 1. The van der Waals surface area contributed by atoms with E-state index in [1.165, 1.54) is 5.56 Å². The number of hydrogen-bond acceptors (Lipinski definition) is 1. The molecule has 3 nitrogen and oxygen atoms in total. The van der Waals surface area contributed by atoms with Gasteiger partial charge in [-0.2, -0.15) is 0 Å². The molecular formula is C24H17BrN2O. The van der Waals surface area contributed by atoms with E-state index in [1.807, 2.05) is 36.4 Å². The van der Waals surface area contributed by atoms with Gasteiger partial charge in [0.05, 0.1) is 0 Å². The fraction of sp³-hybridized carbons (Fsp3) is 0.0417. The van der Waals surface area contributed by atoms with Crippen molar-refractivity contribution in [1.29, 1.82) is 0 Å². The van der Waals surface area contributed by atoms with Crippen molar-refractivity contribution in [2.45, 2.75) is 6.54 Å². The Hall–Kier alpha value is -3.11. The van der Waals surface area contributed by atoms with Crippen molar-refractivity contribution in [2.75, 3.05) is 5.32 Å². The van der Waals surface area contributed by atoms with Gasteiger partial charge in [0, 0.05) is 50.5 Å². The molecule has 1 amide bonds. The van der Waals surface area contributed by atoms with E-state index in [0.717, 1.165) is 38.7 Å². The quantitative estimate of drug-likeness (QED) is 0.402. The van der Waals surface area contributed by atoms with E-state index in [9.17, 15) is 4.79 Å². The molecule has 1 aromatic heterocycles. The van der Waals surface area contributed by atoms with Crippen LogP contribution in [-0.4, -0.2) is 10.5 Å². The van der Waals surface area contributed by atoms with Gasteiger partial charge in [-0.1, -0.05) is 64.5 Å². The molecule has 0 atom stereocenters. The number of anilines is 1. The zero-order valence-corrected chi connectivity index (χ0v) is 16.6. The van der Waals surface area contributed by atoms with Gasteiger partial charge in [-0.25, -0.2) is 0 Å². The first-order valence-electron chi connectivity index (χ1n) is 9.14. The van der Waals surface area contributed by atoms with E-state index < -0.39 is 0 Å². The van der Waals surface area contributed by atoms with E-state index in [0.29, 0.717) is 5.57 Å². The summed E-state index contributed by atoms with van der Waals surface area (Å²) in [6, 6.07) is 24.5. The Balaban J connectivity index is 1.61. The first-order valence-corrected chi connectivity index (χ1v) is 9.93. The normalized spacial score (nSPS) is 14.5. The molecule has 2 heterocycles. The van der Waals surface area contributed by atoms with Crippen LogP contribution >= 0.6 is 15.9 Å². The maximum absolute atomic E-state index is 12.5. The molecule has 0 unspecified atom stereocenters. The SMILES string of the molecule is O=C1Nc2ccccc2/C1=C\c1cn(Cc2ccc(Br)cc2)c2ccccc12. The molecule has 0 aliphatic carbocycles. The highest BCUT2D eigenvalue weighted by molar-refractivity contribution is 9.10. The van der Waals surface area contributed by atoms with Gasteiger partial charge in [0.25, 0.3) is 5.91 Å². The van der Waals surface area contributed by atoms with Crippen molar-refractivity contribution >= 4 is 50.1 Å². The van der Waals surface area contributed by atoms with Crippen LogP contribution in [0, 0.1) is 0 Å². The average Bonchev–Trinajstić information content (AvgIpc) is 3.22. The Morgan fingerprint density at radius 2 is 1.68 bits per heavy atom. The fourth-order valence-electron chi connectivity index (χ4n) is 3.75. The van der Waals surface area contributed by atoms with Crippen LogP contribution in [0.3, 0.4) is 0 Å². The van der Waals surface area contributed by atoms with Crippen LogP contribution in [0.2, 0.25) is 0 Å². The summed E-state index contributed by atoms with van der Waals surface area (Å²) in [6.45, 7) is 0.778. The van der Waals surface area contributed by atoms with Crippen LogP contribution in [0.25, 0.3) is 22.6 Å². The predicted molar refractivity (Wildman–Crippen MR) is 118 cm³/mol. The van der Waals surface area contributed by atoms with Gasteiger partial charge in [0.1, 0.15) is 0 Å². The molecule has 136 valence electrons.